The van der Waals surface area contributed by atoms with Crippen molar-refractivity contribution in [2.45, 2.75) is 244 Å². The van der Waals surface area contributed by atoms with Crippen LogP contribution in [0, 0.1) is 0 Å². The third-order valence-corrected chi connectivity index (χ3v) is 11.3. The van der Waals surface area contributed by atoms with Gasteiger partial charge in [0.15, 0.2) is 6.10 Å². The fraction of sp³-hybridized carbons (Fsp3) is 0.932. The van der Waals surface area contributed by atoms with E-state index in [0.717, 1.165) is 38.5 Å². The summed E-state index contributed by atoms with van der Waals surface area (Å²) >= 11 is 0. The number of ether oxygens (including phenoxy) is 2. The molecule has 0 saturated heterocycles. The van der Waals surface area contributed by atoms with Crippen LogP contribution >= 0.6 is 7.82 Å². The molecule has 0 aromatic heterocycles. The molecular weight excluding hydrogens is 733 g/mol. The number of carboxylic acid groups (broad SMARTS) is 1. The molecular formula is C44H86NO10P. The Kier molecular flexibility index (Phi) is 39.2. The average Bonchev–Trinajstić information content (AvgIpc) is 3.17. The molecule has 0 heterocycles. The summed E-state index contributed by atoms with van der Waals surface area (Å²) in [5.74, 6) is -2.36. The average molecular weight is 820 g/mol. The predicted molar refractivity (Wildman–Crippen MR) is 227 cm³/mol. The van der Waals surface area contributed by atoms with Gasteiger partial charge >= 0.3 is 25.7 Å². The minimum atomic E-state index is -4.71. The van der Waals surface area contributed by atoms with E-state index in [4.69, 9.17) is 24.8 Å². The number of carbonyl (C=O) groups is 3. The number of hydrogen-bond acceptors (Lipinski definition) is 9. The lowest BCUT2D eigenvalue weighted by Gasteiger charge is -2.20. The summed E-state index contributed by atoms with van der Waals surface area (Å²) in [6.07, 6.45) is 38.7. The van der Waals surface area contributed by atoms with Gasteiger partial charge in [0.05, 0.1) is 13.2 Å². The quantitative estimate of drug-likeness (QED) is 0.0303. The molecule has 0 aliphatic rings. The molecule has 0 saturated carbocycles. The van der Waals surface area contributed by atoms with E-state index in [9.17, 15) is 23.8 Å². The van der Waals surface area contributed by atoms with Crippen molar-refractivity contribution in [1.29, 1.82) is 0 Å². The van der Waals surface area contributed by atoms with E-state index in [0.29, 0.717) is 12.8 Å². The van der Waals surface area contributed by atoms with Gasteiger partial charge < -0.3 is 25.2 Å². The Bertz CT molecular complexity index is 968. The summed E-state index contributed by atoms with van der Waals surface area (Å²) in [6.45, 7) is 2.84. The molecule has 3 unspecified atom stereocenters. The molecule has 0 radical (unpaired) electrons. The van der Waals surface area contributed by atoms with Crippen molar-refractivity contribution in [2.24, 2.45) is 5.73 Å². The summed E-state index contributed by atoms with van der Waals surface area (Å²) in [7, 11) is -4.71. The van der Waals surface area contributed by atoms with Gasteiger partial charge in [0.25, 0.3) is 0 Å². The van der Waals surface area contributed by atoms with Crippen molar-refractivity contribution in [3.63, 3.8) is 0 Å². The number of esters is 2. The molecule has 4 N–H and O–H groups in total. The number of carbonyl (C=O) groups excluding carboxylic acids is 2. The van der Waals surface area contributed by atoms with Crippen molar-refractivity contribution >= 4 is 25.7 Å². The van der Waals surface area contributed by atoms with E-state index < -0.39 is 51.1 Å². The smallest absolute Gasteiger partial charge is 0.472 e. The number of hydrogen-bond donors (Lipinski definition) is 3. The molecule has 0 bridgehead atoms. The minimum absolute atomic E-state index is 0.170. The molecule has 3 atom stereocenters. The van der Waals surface area contributed by atoms with Crippen molar-refractivity contribution in [3.8, 4) is 0 Å². The van der Waals surface area contributed by atoms with Crippen LogP contribution in [0.15, 0.2) is 0 Å². The first-order valence-corrected chi connectivity index (χ1v) is 24.6. The maximum absolute atomic E-state index is 12.6. The zero-order valence-corrected chi connectivity index (χ0v) is 36.9. The van der Waals surface area contributed by atoms with E-state index >= 15 is 0 Å². The predicted octanol–water partition coefficient (Wildman–Crippen LogP) is 12.3. The molecule has 12 heteroatoms. The number of rotatable bonds is 44. The first-order chi connectivity index (χ1) is 27.1. The molecule has 56 heavy (non-hydrogen) atoms. The molecule has 11 nitrogen and oxygen atoms in total. The van der Waals surface area contributed by atoms with Gasteiger partial charge in [-0.25, -0.2) is 4.57 Å². The van der Waals surface area contributed by atoms with Gasteiger partial charge in [0, 0.05) is 12.8 Å². The first kappa shape index (κ1) is 54.5. The summed E-state index contributed by atoms with van der Waals surface area (Å²) < 4.78 is 32.7. The molecule has 0 aliphatic carbocycles. The second-order valence-electron chi connectivity index (χ2n) is 15.9. The van der Waals surface area contributed by atoms with Crippen LogP contribution in [-0.4, -0.2) is 59.9 Å². The molecule has 0 aliphatic heterocycles. The summed E-state index contributed by atoms with van der Waals surface area (Å²) in [6, 6.07) is -1.52. The van der Waals surface area contributed by atoms with E-state index in [-0.39, 0.29) is 19.4 Å². The molecule has 0 aromatic rings. The number of phosphoric acid groups is 1. The standard InChI is InChI=1S/C44H86NO10P/c1-3-5-7-9-11-13-15-17-19-20-21-22-24-26-28-30-32-34-36-43(47)55-40(38-53-56(50,51)54-39-41(45)44(48)49)37-52-42(46)35-33-31-29-27-25-23-18-16-14-12-10-8-6-4-2/h40-41H,3-39,45H2,1-2H3,(H,48,49)(H,50,51). The topological polar surface area (TPSA) is 172 Å². The Morgan fingerprint density at radius 3 is 1.12 bits per heavy atom. The van der Waals surface area contributed by atoms with Crippen LogP contribution in [0.1, 0.15) is 232 Å². The first-order valence-electron chi connectivity index (χ1n) is 23.1. The lowest BCUT2D eigenvalue weighted by Crippen LogP contribution is -2.34. The van der Waals surface area contributed by atoms with Crippen molar-refractivity contribution in [3.05, 3.63) is 0 Å². The summed E-state index contributed by atoms with van der Waals surface area (Å²) in [5, 5.41) is 8.89. The van der Waals surface area contributed by atoms with Crippen LogP contribution < -0.4 is 5.73 Å². The SMILES string of the molecule is CCCCCCCCCCCCCCCCCCCCC(=O)OC(COC(=O)CCCCCCCCCCCCCCCC)COP(=O)(O)OCC(N)C(=O)O. The number of carboxylic acids is 1. The Labute approximate surface area is 342 Å². The van der Waals surface area contributed by atoms with Gasteiger partial charge in [-0.15, -0.1) is 0 Å². The van der Waals surface area contributed by atoms with E-state index in [1.807, 2.05) is 0 Å². The molecule has 0 spiro atoms. The zero-order chi connectivity index (χ0) is 41.4. The fourth-order valence-corrected chi connectivity index (χ4v) is 7.49. The van der Waals surface area contributed by atoms with Crippen LogP contribution in [-0.2, 0) is 37.5 Å². The normalized spacial score (nSPS) is 13.6. The van der Waals surface area contributed by atoms with Crippen molar-refractivity contribution in [1.82, 2.24) is 0 Å². The third-order valence-electron chi connectivity index (χ3n) is 10.4. The lowest BCUT2D eigenvalue weighted by molar-refractivity contribution is -0.161. The van der Waals surface area contributed by atoms with Crippen LogP contribution in [0.5, 0.6) is 0 Å². The molecule has 0 amide bonds. The van der Waals surface area contributed by atoms with Gasteiger partial charge in [-0.3, -0.25) is 23.4 Å². The zero-order valence-electron chi connectivity index (χ0n) is 36.0. The molecule has 0 fully saturated rings. The number of phosphoric ester groups is 1. The van der Waals surface area contributed by atoms with Crippen LogP contribution in [0.3, 0.4) is 0 Å². The van der Waals surface area contributed by atoms with E-state index in [1.54, 1.807) is 0 Å². The maximum Gasteiger partial charge on any atom is 0.472 e. The fourth-order valence-electron chi connectivity index (χ4n) is 6.71. The van der Waals surface area contributed by atoms with Crippen LogP contribution in [0.2, 0.25) is 0 Å². The van der Waals surface area contributed by atoms with Gasteiger partial charge in [0.2, 0.25) is 0 Å². The van der Waals surface area contributed by atoms with Crippen molar-refractivity contribution < 1.29 is 47.5 Å². The van der Waals surface area contributed by atoms with Gasteiger partial charge in [-0.1, -0.05) is 206 Å². The lowest BCUT2D eigenvalue weighted by atomic mass is 10.0. The van der Waals surface area contributed by atoms with Crippen LogP contribution in [0.25, 0.3) is 0 Å². The number of aliphatic carboxylic acids is 1. The van der Waals surface area contributed by atoms with Gasteiger partial charge in [0.1, 0.15) is 12.6 Å². The number of nitrogens with two attached hydrogens (primary N) is 1. The monoisotopic (exact) mass is 820 g/mol. The summed E-state index contributed by atoms with van der Waals surface area (Å²) in [4.78, 5) is 46.0. The minimum Gasteiger partial charge on any atom is -0.480 e. The highest BCUT2D eigenvalue weighted by atomic mass is 31.2. The Hall–Kier alpha value is -1.52. The molecule has 332 valence electrons. The Morgan fingerprint density at radius 2 is 0.786 bits per heavy atom. The second-order valence-corrected chi connectivity index (χ2v) is 17.4. The maximum atomic E-state index is 12.6. The third kappa shape index (κ3) is 39.3. The molecule has 0 rings (SSSR count). The van der Waals surface area contributed by atoms with Crippen molar-refractivity contribution in [2.75, 3.05) is 19.8 Å². The highest BCUT2D eigenvalue weighted by Crippen LogP contribution is 2.43. The highest BCUT2D eigenvalue weighted by molar-refractivity contribution is 7.47. The summed E-state index contributed by atoms with van der Waals surface area (Å²) in [5.41, 5.74) is 5.34. The Morgan fingerprint density at radius 1 is 0.482 bits per heavy atom. The second kappa shape index (κ2) is 40.3. The van der Waals surface area contributed by atoms with E-state index in [1.165, 1.54) is 154 Å². The largest absolute Gasteiger partial charge is 0.480 e. The van der Waals surface area contributed by atoms with Gasteiger partial charge in [-0.2, -0.15) is 0 Å². The van der Waals surface area contributed by atoms with Gasteiger partial charge in [-0.05, 0) is 12.8 Å². The molecule has 0 aromatic carbocycles. The Balaban J connectivity index is 4.27. The van der Waals surface area contributed by atoms with Crippen LogP contribution in [0.4, 0.5) is 0 Å². The van der Waals surface area contributed by atoms with E-state index in [2.05, 4.69) is 18.4 Å². The highest BCUT2D eigenvalue weighted by Gasteiger charge is 2.28. The number of unbranched alkanes of at least 4 members (excludes halogenated alkanes) is 30.